The number of aliphatic imine (C=N–C) groups is 1. The van der Waals surface area contributed by atoms with Crippen LogP contribution in [-0.4, -0.2) is 17.7 Å². The zero-order chi connectivity index (χ0) is 29.7. The van der Waals surface area contributed by atoms with Crippen molar-refractivity contribution in [1.29, 1.82) is 0 Å². The minimum atomic E-state index is -2.26. The van der Waals surface area contributed by atoms with E-state index in [1.807, 2.05) is 42.5 Å². The first kappa shape index (κ1) is 29.9. The molecule has 1 heterocycles. The summed E-state index contributed by atoms with van der Waals surface area (Å²) in [6, 6.07) is 17.5. The van der Waals surface area contributed by atoms with Crippen LogP contribution < -0.4 is 5.32 Å². The zero-order valence-electron chi connectivity index (χ0n) is 23.0. The molecule has 0 radical (unpaired) electrons. The first-order chi connectivity index (χ1) is 19.5. The van der Waals surface area contributed by atoms with Crippen molar-refractivity contribution in [3.05, 3.63) is 129 Å². The van der Waals surface area contributed by atoms with Gasteiger partial charge in [0.2, 0.25) is 11.7 Å². The quantitative estimate of drug-likeness (QED) is 0.110. The van der Waals surface area contributed by atoms with Gasteiger partial charge >= 0.3 is 0 Å². The van der Waals surface area contributed by atoms with Gasteiger partial charge in [-0.1, -0.05) is 66.7 Å². The van der Waals surface area contributed by atoms with Gasteiger partial charge in [0, 0.05) is 17.7 Å². The molecule has 1 amide bonds. The zero-order valence-corrected chi connectivity index (χ0v) is 23.0. The summed E-state index contributed by atoms with van der Waals surface area (Å²) in [6.07, 6.45) is 2.92. The second kappa shape index (κ2) is 13.1. The molecule has 0 aromatic heterocycles. The number of aryl methyl sites for hydroxylation is 1. The van der Waals surface area contributed by atoms with E-state index in [9.17, 15) is 26.7 Å². The Labute approximate surface area is 236 Å². The predicted molar refractivity (Wildman–Crippen MR) is 150 cm³/mol. The van der Waals surface area contributed by atoms with Crippen LogP contribution >= 0.6 is 0 Å². The molecular formula is C33H31F5N2O. The number of benzene rings is 3. The maximum atomic E-state index is 14.0. The highest BCUT2D eigenvalue weighted by molar-refractivity contribution is 6.04. The van der Waals surface area contributed by atoms with Gasteiger partial charge in [-0.15, -0.1) is 0 Å². The van der Waals surface area contributed by atoms with Gasteiger partial charge in [0.15, 0.2) is 23.3 Å². The monoisotopic (exact) mass is 566 g/mol. The molecule has 214 valence electrons. The van der Waals surface area contributed by atoms with Crippen molar-refractivity contribution >= 4 is 11.6 Å². The van der Waals surface area contributed by atoms with Crippen molar-refractivity contribution in [3.63, 3.8) is 0 Å². The number of amides is 1. The van der Waals surface area contributed by atoms with Crippen LogP contribution in [0.1, 0.15) is 55.4 Å². The smallest absolute Gasteiger partial charge is 0.225 e. The Kier molecular flexibility index (Phi) is 9.53. The molecule has 0 spiro atoms. The summed E-state index contributed by atoms with van der Waals surface area (Å²) in [6.45, 7) is 7.68. The largest absolute Gasteiger partial charge is 0.349 e. The highest BCUT2D eigenvalue weighted by atomic mass is 19.2. The molecule has 41 heavy (non-hydrogen) atoms. The van der Waals surface area contributed by atoms with Crippen molar-refractivity contribution in [2.45, 2.75) is 58.4 Å². The number of halogens is 5. The van der Waals surface area contributed by atoms with Crippen LogP contribution in [0.25, 0.3) is 0 Å². The molecule has 0 saturated carbocycles. The molecule has 3 nitrogen and oxygen atoms in total. The van der Waals surface area contributed by atoms with Gasteiger partial charge in [0.1, 0.15) is 0 Å². The number of hydrogen-bond donors (Lipinski definition) is 1. The lowest BCUT2D eigenvalue weighted by Gasteiger charge is -2.20. The number of carbonyl (C=O) groups is 1. The molecular weight excluding hydrogens is 535 g/mol. The topological polar surface area (TPSA) is 41.5 Å². The van der Waals surface area contributed by atoms with Crippen LogP contribution in [0.4, 0.5) is 22.0 Å². The molecule has 0 bridgehead atoms. The predicted octanol–water partition coefficient (Wildman–Crippen LogP) is 7.72. The van der Waals surface area contributed by atoms with Gasteiger partial charge in [0.25, 0.3) is 0 Å². The van der Waals surface area contributed by atoms with Gasteiger partial charge in [-0.3, -0.25) is 9.79 Å². The van der Waals surface area contributed by atoms with Gasteiger partial charge in [-0.05, 0) is 61.8 Å². The molecule has 1 aliphatic rings. The molecule has 0 saturated heterocycles. The van der Waals surface area contributed by atoms with E-state index in [1.165, 1.54) is 5.57 Å². The molecule has 4 rings (SSSR count). The second-order valence-electron chi connectivity index (χ2n) is 10.4. The Morgan fingerprint density at radius 2 is 1.46 bits per heavy atom. The van der Waals surface area contributed by atoms with E-state index in [-0.39, 0.29) is 0 Å². The summed E-state index contributed by atoms with van der Waals surface area (Å²) in [5, 5.41) is 2.59. The number of rotatable bonds is 11. The van der Waals surface area contributed by atoms with Gasteiger partial charge in [0.05, 0.1) is 18.2 Å². The third-order valence-electron chi connectivity index (χ3n) is 7.21. The fourth-order valence-corrected chi connectivity index (χ4v) is 4.82. The maximum Gasteiger partial charge on any atom is 0.225 e. The van der Waals surface area contributed by atoms with Gasteiger partial charge in [-0.25, -0.2) is 22.0 Å². The molecule has 8 heteroatoms. The first-order valence-electron chi connectivity index (χ1n) is 13.4. The number of nitrogens with zero attached hydrogens (tertiary/aromatic N) is 1. The van der Waals surface area contributed by atoms with E-state index >= 15 is 0 Å². The van der Waals surface area contributed by atoms with Crippen molar-refractivity contribution in [2.75, 3.05) is 0 Å². The molecule has 0 aliphatic carbocycles. The highest BCUT2D eigenvalue weighted by Gasteiger charge is 2.27. The lowest BCUT2D eigenvalue weighted by molar-refractivity contribution is -0.121. The van der Waals surface area contributed by atoms with E-state index in [1.54, 1.807) is 6.92 Å². The second-order valence-corrected chi connectivity index (χ2v) is 10.4. The average Bonchev–Trinajstić information content (AvgIpc) is 3.34. The first-order valence-corrected chi connectivity index (χ1v) is 13.4. The SMILES string of the molecule is C=C(C)C(Cc1ccc(CCCC2=C(C)CC(c3ccccc3)=N2)cc1)NC(=O)Cc1c(F)c(F)c(F)c(F)c1F. The van der Waals surface area contributed by atoms with E-state index in [4.69, 9.17) is 4.99 Å². The lowest BCUT2D eigenvalue weighted by Crippen LogP contribution is -2.38. The van der Waals surface area contributed by atoms with E-state index in [0.29, 0.717) is 12.0 Å². The molecule has 3 aromatic rings. The Hall–Kier alpha value is -4.07. The summed E-state index contributed by atoms with van der Waals surface area (Å²) in [4.78, 5) is 17.4. The van der Waals surface area contributed by atoms with Crippen LogP contribution in [0.2, 0.25) is 0 Å². The average molecular weight is 567 g/mol. The maximum absolute atomic E-state index is 14.0. The van der Waals surface area contributed by atoms with Gasteiger partial charge < -0.3 is 5.32 Å². The standard InChI is InChI=1S/C33H31F5N2O/c1-19(2)26(40-28(41)18-24-29(34)31(36)33(38)32(37)30(24)35)17-22-14-12-21(13-15-22)8-7-11-25-20(3)16-27(39-25)23-9-5-4-6-10-23/h4-6,9-10,12-15,26H,1,7-8,11,16-18H2,2-3H3,(H,40,41). The Bertz CT molecular complexity index is 1480. The highest BCUT2D eigenvalue weighted by Crippen LogP contribution is 2.27. The van der Waals surface area contributed by atoms with Crippen LogP contribution in [0.15, 0.2) is 83.0 Å². The fourth-order valence-electron chi connectivity index (χ4n) is 4.82. The third kappa shape index (κ3) is 7.17. The third-order valence-corrected chi connectivity index (χ3v) is 7.21. The Morgan fingerprint density at radius 1 is 0.878 bits per heavy atom. The fraction of sp³-hybridized carbons (Fsp3) is 0.273. The van der Waals surface area contributed by atoms with Crippen LogP contribution in [0, 0.1) is 29.1 Å². The van der Waals surface area contributed by atoms with Crippen LogP contribution in [0.5, 0.6) is 0 Å². The van der Waals surface area contributed by atoms with Crippen molar-refractivity contribution < 1.29 is 26.7 Å². The summed E-state index contributed by atoms with van der Waals surface area (Å²) in [5.74, 6) is -11.3. The summed E-state index contributed by atoms with van der Waals surface area (Å²) in [7, 11) is 0. The Balaban J connectivity index is 1.31. The summed E-state index contributed by atoms with van der Waals surface area (Å²) in [5.41, 5.74) is 6.15. The molecule has 1 atom stereocenters. The van der Waals surface area contributed by atoms with Crippen LogP contribution in [0.3, 0.4) is 0 Å². The minimum Gasteiger partial charge on any atom is -0.349 e. The summed E-state index contributed by atoms with van der Waals surface area (Å²) >= 11 is 0. The number of nitrogens with one attached hydrogen (secondary N) is 1. The summed E-state index contributed by atoms with van der Waals surface area (Å²) < 4.78 is 68.3. The van der Waals surface area contributed by atoms with E-state index in [2.05, 4.69) is 31.0 Å². The van der Waals surface area contributed by atoms with E-state index < -0.39 is 53.0 Å². The number of allylic oxidation sites excluding steroid dienone is 2. The molecule has 1 aliphatic heterocycles. The van der Waals surface area contributed by atoms with Crippen molar-refractivity contribution in [2.24, 2.45) is 4.99 Å². The van der Waals surface area contributed by atoms with E-state index in [0.717, 1.165) is 53.8 Å². The Morgan fingerprint density at radius 3 is 2.07 bits per heavy atom. The molecule has 3 aromatic carbocycles. The molecule has 0 fully saturated rings. The number of carbonyl (C=O) groups excluding carboxylic acids is 1. The molecule has 1 N–H and O–H groups in total. The van der Waals surface area contributed by atoms with Crippen molar-refractivity contribution in [3.8, 4) is 0 Å². The van der Waals surface area contributed by atoms with Gasteiger partial charge in [-0.2, -0.15) is 0 Å². The lowest BCUT2D eigenvalue weighted by atomic mass is 9.98. The van der Waals surface area contributed by atoms with Crippen LogP contribution in [-0.2, 0) is 24.1 Å². The molecule has 1 unspecified atom stereocenters. The normalized spacial score (nSPS) is 13.8. The minimum absolute atomic E-state index is 0.349. The number of hydrogen-bond acceptors (Lipinski definition) is 2. The van der Waals surface area contributed by atoms with Crippen molar-refractivity contribution in [1.82, 2.24) is 5.32 Å².